The summed E-state index contributed by atoms with van der Waals surface area (Å²) in [4.78, 5) is 29.3. The Labute approximate surface area is 185 Å². The van der Waals surface area contributed by atoms with E-state index in [0.29, 0.717) is 24.7 Å². The molecule has 162 valence electrons. The Bertz CT molecular complexity index is 1070. The van der Waals surface area contributed by atoms with Crippen molar-refractivity contribution in [1.82, 2.24) is 46.2 Å². The maximum Gasteiger partial charge on any atom is 0.344 e. The van der Waals surface area contributed by atoms with Gasteiger partial charge in [-0.2, -0.15) is 0 Å². The third-order valence-electron chi connectivity index (χ3n) is 4.99. The highest BCUT2D eigenvalue weighted by molar-refractivity contribution is 5.75. The van der Waals surface area contributed by atoms with Crippen LogP contribution in [-0.2, 0) is 13.1 Å². The normalized spacial score (nSPS) is 14.9. The maximum absolute atomic E-state index is 4.79. The van der Waals surface area contributed by atoms with E-state index in [9.17, 15) is 0 Å². The van der Waals surface area contributed by atoms with Crippen LogP contribution < -0.4 is 31.3 Å². The van der Waals surface area contributed by atoms with E-state index in [2.05, 4.69) is 51.2 Å². The van der Waals surface area contributed by atoms with E-state index in [-0.39, 0.29) is 0 Å². The Morgan fingerprint density at radius 2 is 1.19 bits per heavy atom. The van der Waals surface area contributed by atoms with Gasteiger partial charge in [0.25, 0.3) is 0 Å². The molecule has 2 aliphatic rings. The summed E-state index contributed by atoms with van der Waals surface area (Å²) in [6.45, 7) is 4.69. The number of hydrogen-bond acceptors (Lipinski definition) is 9. The Kier molecular flexibility index (Phi) is 5.77. The zero-order valence-corrected chi connectivity index (χ0v) is 17.5. The summed E-state index contributed by atoms with van der Waals surface area (Å²) in [5.41, 5.74) is 3.07. The van der Waals surface area contributed by atoms with Crippen molar-refractivity contribution in [2.24, 2.45) is 0 Å². The zero-order valence-electron chi connectivity index (χ0n) is 17.5. The van der Waals surface area contributed by atoms with Crippen LogP contribution in [-0.4, -0.2) is 63.0 Å². The quantitative estimate of drug-likeness (QED) is 0.232. The largest absolute Gasteiger partial charge is 0.344 e. The van der Waals surface area contributed by atoms with Crippen LogP contribution >= 0.6 is 0 Å². The summed E-state index contributed by atoms with van der Waals surface area (Å²) in [6, 6.07) is 9.57. The standard InChI is InChI=1S/C21H23N11/c1-2-14(16-4-6-22-18(31-16)12-28-20-24-8-9-25-20)30-15(3-1)17-5-7-23-19(32-17)13-29-21-26-10-11-27-21/h1-7H,8-13H2,(H2,24,25,28)(H2,26,27,29)/p+2. The Hall–Kier alpha value is -4.15. The first-order valence-corrected chi connectivity index (χ1v) is 10.6. The second-order valence-corrected chi connectivity index (χ2v) is 7.29. The molecule has 0 aromatic carbocycles. The fourth-order valence-corrected chi connectivity index (χ4v) is 3.43. The maximum atomic E-state index is 4.79. The van der Waals surface area contributed by atoms with Gasteiger partial charge in [-0.25, -0.2) is 24.9 Å². The Balaban J connectivity index is 1.31. The molecule has 0 spiro atoms. The number of pyridine rings is 1. The van der Waals surface area contributed by atoms with Crippen molar-refractivity contribution in [3.05, 3.63) is 54.4 Å². The van der Waals surface area contributed by atoms with Crippen molar-refractivity contribution in [3.63, 3.8) is 0 Å². The van der Waals surface area contributed by atoms with E-state index in [1.54, 1.807) is 12.4 Å². The van der Waals surface area contributed by atoms with Crippen molar-refractivity contribution >= 4 is 11.9 Å². The van der Waals surface area contributed by atoms with Crippen LogP contribution in [0.25, 0.3) is 22.8 Å². The predicted octanol–water partition coefficient (Wildman–Crippen LogP) is -3.75. The van der Waals surface area contributed by atoms with Gasteiger partial charge in [0.05, 0.1) is 49.0 Å². The van der Waals surface area contributed by atoms with Gasteiger partial charge in [-0.05, 0) is 24.3 Å². The minimum atomic E-state index is 0.522. The van der Waals surface area contributed by atoms with Crippen LogP contribution in [0.3, 0.4) is 0 Å². The van der Waals surface area contributed by atoms with Crippen LogP contribution in [0.2, 0.25) is 0 Å². The Morgan fingerprint density at radius 1 is 0.688 bits per heavy atom. The molecular formula is C21H25N11+2. The molecule has 3 aromatic heterocycles. The van der Waals surface area contributed by atoms with Gasteiger partial charge in [0.2, 0.25) is 0 Å². The third kappa shape index (κ3) is 4.77. The minimum Gasteiger partial charge on any atom is -0.275 e. The summed E-state index contributed by atoms with van der Waals surface area (Å²) >= 11 is 0. The zero-order chi connectivity index (χ0) is 21.6. The average Bonchev–Trinajstić information content (AvgIpc) is 3.56. The number of guanidine groups is 2. The molecule has 32 heavy (non-hydrogen) atoms. The molecule has 11 nitrogen and oxygen atoms in total. The van der Waals surface area contributed by atoms with Gasteiger partial charge >= 0.3 is 11.9 Å². The Morgan fingerprint density at radius 3 is 1.66 bits per heavy atom. The molecule has 0 radical (unpaired) electrons. The molecule has 0 unspecified atom stereocenters. The first-order chi connectivity index (χ1) is 15.8. The minimum absolute atomic E-state index is 0.522. The van der Waals surface area contributed by atoms with Gasteiger partial charge < -0.3 is 0 Å². The van der Waals surface area contributed by atoms with Crippen LogP contribution in [0.1, 0.15) is 11.6 Å². The highest BCUT2D eigenvalue weighted by atomic mass is 15.2. The first-order valence-electron chi connectivity index (χ1n) is 10.6. The lowest BCUT2D eigenvalue weighted by atomic mass is 10.2. The molecule has 5 heterocycles. The van der Waals surface area contributed by atoms with E-state index in [1.807, 2.05) is 30.3 Å². The molecule has 0 fully saturated rings. The number of hydrogen-bond donors (Lipinski definition) is 6. The van der Waals surface area contributed by atoms with Gasteiger partial charge in [-0.1, -0.05) is 6.07 Å². The number of nitrogens with zero attached hydrogens (tertiary/aromatic N) is 5. The van der Waals surface area contributed by atoms with Gasteiger partial charge in [-0.3, -0.25) is 31.3 Å². The molecule has 0 amide bonds. The fraction of sp³-hybridized carbons (Fsp3) is 0.286. The molecule has 0 saturated carbocycles. The highest BCUT2D eigenvalue weighted by Gasteiger charge is 2.14. The second kappa shape index (κ2) is 9.33. The first kappa shape index (κ1) is 19.8. The van der Waals surface area contributed by atoms with Gasteiger partial charge in [0.1, 0.15) is 13.1 Å². The summed E-state index contributed by atoms with van der Waals surface area (Å²) in [7, 11) is 0. The number of rotatable bonds is 6. The average molecular weight is 432 g/mol. The summed E-state index contributed by atoms with van der Waals surface area (Å²) < 4.78 is 0. The van der Waals surface area contributed by atoms with E-state index in [0.717, 1.165) is 60.9 Å². The van der Waals surface area contributed by atoms with Gasteiger partial charge in [0.15, 0.2) is 11.6 Å². The van der Waals surface area contributed by atoms with Crippen LogP contribution in [0, 0.1) is 0 Å². The van der Waals surface area contributed by atoms with E-state index < -0.39 is 0 Å². The number of aromatic nitrogens is 5. The topological polar surface area (TPSA) is 141 Å². The van der Waals surface area contributed by atoms with E-state index >= 15 is 0 Å². The number of nitrogens with one attached hydrogen (secondary N) is 6. The lowest BCUT2D eigenvalue weighted by molar-refractivity contribution is -0.447. The third-order valence-corrected chi connectivity index (χ3v) is 4.99. The molecule has 0 aliphatic carbocycles. The van der Waals surface area contributed by atoms with E-state index in [1.165, 1.54) is 0 Å². The highest BCUT2D eigenvalue weighted by Crippen LogP contribution is 2.20. The molecule has 6 N–H and O–H groups in total. The van der Waals surface area contributed by atoms with Crippen molar-refractivity contribution < 1.29 is 9.98 Å². The molecule has 0 saturated heterocycles. The fourth-order valence-electron chi connectivity index (χ4n) is 3.43. The van der Waals surface area contributed by atoms with Crippen LogP contribution in [0.5, 0.6) is 0 Å². The smallest absolute Gasteiger partial charge is 0.275 e. The van der Waals surface area contributed by atoms with Crippen LogP contribution in [0.4, 0.5) is 0 Å². The lowest BCUT2D eigenvalue weighted by Crippen LogP contribution is -2.73. The summed E-state index contributed by atoms with van der Waals surface area (Å²) in [5.74, 6) is 3.21. The molecule has 5 rings (SSSR count). The molecule has 0 atom stereocenters. The van der Waals surface area contributed by atoms with Crippen molar-refractivity contribution in [2.45, 2.75) is 13.1 Å². The molecule has 2 aliphatic heterocycles. The van der Waals surface area contributed by atoms with Gasteiger partial charge in [-0.15, -0.1) is 0 Å². The van der Waals surface area contributed by atoms with Crippen molar-refractivity contribution in [3.8, 4) is 22.8 Å². The van der Waals surface area contributed by atoms with E-state index in [4.69, 9.17) is 4.98 Å². The molecule has 3 aromatic rings. The van der Waals surface area contributed by atoms with Crippen LogP contribution in [0.15, 0.2) is 42.7 Å². The molecule has 11 heteroatoms. The second-order valence-electron chi connectivity index (χ2n) is 7.29. The lowest BCUT2D eigenvalue weighted by Gasteiger charge is -2.06. The van der Waals surface area contributed by atoms with Gasteiger partial charge in [0, 0.05) is 12.4 Å². The summed E-state index contributed by atoms with van der Waals surface area (Å²) in [5, 5.41) is 13.0. The molecule has 0 bridgehead atoms. The molecular weight excluding hydrogens is 406 g/mol. The predicted molar refractivity (Wildman–Crippen MR) is 118 cm³/mol. The monoisotopic (exact) mass is 431 g/mol. The SMILES string of the molecule is c1cc(-c2ccnc(CNC3=[NH+]CCN3)n2)nc(-c2ccnc(CNC3=[NH+]CCN3)n2)c1. The van der Waals surface area contributed by atoms with Crippen molar-refractivity contribution in [1.29, 1.82) is 0 Å². The van der Waals surface area contributed by atoms with Crippen molar-refractivity contribution in [2.75, 3.05) is 26.2 Å². The summed E-state index contributed by atoms with van der Waals surface area (Å²) in [6.07, 6.45) is 3.51.